The van der Waals surface area contributed by atoms with E-state index in [1.807, 2.05) is 11.0 Å². The zero-order valence-electron chi connectivity index (χ0n) is 12.3. The highest BCUT2D eigenvalue weighted by atomic mass is 16.5. The van der Waals surface area contributed by atoms with Gasteiger partial charge in [0.05, 0.1) is 19.8 Å². The molecule has 0 aliphatic carbocycles. The number of carbonyl (C=O) groups is 1. The average Bonchev–Trinajstić information content (AvgIpc) is 2.87. The lowest BCUT2D eigenvalue weighted by molar-refractivity contribution is -0.133. The Morgan fingerprint density at radius 1 is 1.29 bits per heavy atom. The predicted molar refractivity (Wildman–Crippen MR) is 82.5 cm³/mol. The minimum absolute atomic E-state index is 0.196. The van der Waals surface area contributed by atoms with Crippen LogP contribution < -0.4 is 10.6 Å². The Morgan fingerprint density at radius 3 is 2.81 bits per heavy atom. The Morgan fingerprint density at radius 2 is 2.05 bits per heavy atom. The van der Waals surface area contributed by atoms with Crippen LogP contribution in [-0.4, -0.2) is 56.7 Å². The van der Waals surface area contributed by atoms with Crippen molar-refractivity contribution in [1.29, 1.82) is 0 Å². The van der Waals surface area contributed by atoms with Gasteiger partial charge in [0.1, 0.15) is 0 Å². The van der Waals surface area contributed by atoms with Gasteiger partial charge in [0.15, 0.2) is 0 Å². The summed E-state index contributed by atoms with van der Waals surface area (Å²) in [5.74, 6) is 0.644. The van der Waals surface area contributed by atoms with Crippen LogP contribution in [0.2, 0.25) is 0 Å². The summed E-state index contributed by atoms with van der Waals surface area (Å²) in [6.07, 6.45) is 0.971. The van der Waals surface area contributed by atoms with Crippen LogP contribution in [0.3, 0.4) is 0 Å². The number of nitrogens with two attached hydrogens (primary N) is 1. The Bertz CT molecular complexity index is 500. The van der Waals surface area contributed by atoms with Crippen LogP contribution in [0, 0.1) is 0 Å². The Hall–Kier alpha value is -1.59. The van der Waals surface area contributed by atoms with Gasteiger partial charge in [0.25, 0.3) is 0 Å². The van der Waals surface area contributed by atoms with Crippen LogP contribution in [0.1, 0.15) is 17.9 Å². The quantitative estimate of drug-likeness (QED) is 0.890. The molecule has 1 fully saturated rings. The maximum Gasteiger partial charge on any atom is 0.242 e. The Kier molecular flexibility index (Phi) is 4.41. The van der Waals surface area contributed by atoms with Crippen molar-refractivity contribution < 1.29 is 9.53 Å². The summed E-state index contributed by atoms with van der Waals surface area (Å²) in [5.41, 5.74) is 8.24. The number of carbonyl (C=O) groups excluding carboxylic acids is 1. The van der Waals surface area contributed by atoms with E-state index in [9.17, 15) is 4.79 Å². The lowest BCUT2D eigenvalue weighted by Crippen LogP contribution is -2.45. The summed E-state index contributed by atoms with van der Waals surface area (Å²) in [6.45, 7) is 4.76. The van der Waals surface area contributed by atoms with Crippen molar-refractivity contribution >= 4 is 11.6 Å². The van der Waals surface area contributed by atoms with Crippen molar-refractivity contribution in [3.63, 3.8) is 0 Å². The van der Waals surface area contributed by atoms with E-state index in [2.05, 4.69) is 23.1 Å². The molecule has 5 heteroatoms. The van der Waals surface area contributed by atoms with Gasteiger partial charge in [-0.25, -0.2) is 0 Å². The molecule has 2 aliphatic rings. The lowest BCUT2D eigenvalue weighted by Gasteiger charge is -2.29. The number of nitrogens with zero attached hydrogens (tertiary/aromatic N) is 2. The fourth-order valence-corrected chi connectivity index (χ4v) is 3.26. The number of hydrogen-bond donors (Lipinski definition) is 1. The minimum Gasteiger partial charge on any atom is -0.378 e. The van der Waals surface area contributed by atoms with E-state index in [1.54, 1.807) is 0 Å². The van der Waals surface area contributed by atoms with E-state index in [0.29, 0.717) is 45.3 Å². The highest BCUT2D eigenvalue weighted by Crippen LogP contribution is 2.37. The number of para-hydroxylation sites is 1. The minimum atomic E-state index is 0.196. The zero-order chi connectivity index (χ0) is 14.7. The number of ether oxygens (including phenoxy) is 1. The predicted octanol–water partition coefficient (Wildman–Crippen LogP) is 0.798. The third-order valence-corrected chi connectivity index (χ3v) is 4.36. The van der Waals surface area contributed by atoms with Gasteiger partial charge in [-0.3, -0.25) is 4.79 Å². The fraction of sp³-hybridized carbons (Fsp3) is 0.562. The normalized spacial score (nSPS) is 21.5. The molecule has 0 bridgehead atoms. The monoisotopic (exact) mass is 289 g/mol. The first kappa shape index (κ1) is 14.4. The Balaban J connectivity index is 1.70. The van der Waals surface area contributed by atoms with Crippen LogP contribution in [0.25, 0.3) is 0 Å². The van der Waals surface area contributed by atoms with Gasteiger partial charge in [-0.05, 0) is 24.6 Å². The molecule has 3 rings (SSSR count). The molecule has 5 nitrogen and oxygen atoms in total. The maximum absolute atomic E-state index is 12.4. The second-order valence-electron chi connectivity index (χ2n) is 5.71. The smallest absolute Gasteiger partial charge is 0.242 e. The standard InChI is InChI=1S/C16H23N3O2/c17-6-5-13-11-19(15-4-2-1-3-14(13)15)12-16(20)18-7-9-21-10-8-18/h1-4,13H,5-12,17H2. The number of hydrogen-bond acceptors (Lipinski definition) is 4. The molecule has 2 heterocycles. The summed E-state index contributed by atoms with van der Waals surface area (Å²) in [7, 11) is 0. The fourth-order valence-electron chi connectivity index (χ4n) is 3.26. The van der Waals surface area contributed by atoms with Gasteiger partial charge >= 0.3 is 0 Å². The summed E-state index contributed by atoms with van der Waals surface area (Å²) in [5, 5.41) is 0. The summed E-state index contributed by atoms with van der Waals surface area (Å²) in [6, 6.07) is 8.37. The van der Waals surface area contributed by atoms with Gasteiger partial charge < -0.3 is 20.3 Å². The zero-order valence-corrected chi connectivity index (χ0v) is 12.3. The summed E-state index contributed by atoms with van der Waals surface area (Å²) >= 11 is 0. The summed E-state index contributed by atoms with van der Waals surface area (Å²) in [4.78, 5) is 16.5. The number of amides is 1. The van der Waals surface area contributed by atoms with Crippen LogP contribution in [0.5, 0.6) is 0 Å². The van der Waals surface area contributed by atoms with E-state index in [0.717, 1.165) is 13.0 Å². The van der Waals surface area contributed by atoms with Crippen molar-refractivity contribution in [1.82, 2.24) is 4.90 Å². The molecule has 0 spiro atoms. The number of anilines is 1. The first-order valence-corrected chi connectivity index (χ1v) is 7.69. The molecular weight excluding hydrogens is 266 g/mol. The molecule has 0 aromatic heterocycles. The molecule has 1 amide bonds. The number of rotatable bonds is 4. The topological polar surface area (TPSA) is 58.8 Å². The van der Waals surface area contributed by atoms with Gasteiger partial charge in [0.2, 0.25) is 5.91 Å². The second-order valence-corrected chi connectivity index (χ2v) is 5.71. The van der Waals surface area contributed by atoms with E-state index in [4.69, 9.17) is 10.5 Å². The van der Waals surface area contributed by atoms with E-state index in [-0.39, 0.29) is 5.91 Å². The molecule has 0 saturated carbocycles. The number of morpholine rings is 1. The van der Waals surface area contributed by atoms with Gasteiger partial charge in [-0.1, -0.05) is 18.2 Å². The van der Waals surface area contributed by atoms with Crippen LogP contribution in [0.15, 0.2) is 24.3 Å². The molecule has 1 aromatic carbocycles. The van der Waals surface area contributed by atoms with Crippen molar-refractivity contribution in [3.05, 3.63) is 29.8 Å². The first-order chi connectivity index (χ1) is 10.3. The maximum atomic E-state index is 12.4. The highest BCUT2D eigenvalue weighted by Gasteiger charge is 2.30. The Labute approximate surface area is 125 Å². The second kappa shape index (κ2) is 6.45. The molecule has 0 radical (unpaired) electrons. The molecular formula is C16H23N3O2. The van der Waals surface area contributed by atoms with Crippen molar-refractivity contribution in [3.8, 4) is 0 Å². The van der Waals surface area contributed by atoms with Gasteiger partial charge in [-0.15, -0.1) is 0 Å². The SMILES string of the molecule is NCCC1CN(CC(=O)N2CCOCC2)c2ccccc21. The number of fused-ring (bicyclic) bond motifs is 1. The van der Waals surface area contributed by atoms with Crippen molar-refractivity contribution in [2.75, 3.05) is 50.8 Å². The van der Waals surface area contributed by atoms with E-state index >= 15 is 0 Å². The van der Waals surface area contributed by atoms with Crippen molar-refractivity contribution in [2.24, 2.45) is 5.73 Å². The molecule has 1 aromatic rings. The van der Waals surface area contributed by atoms with E-state index in [1.165, 1.54) is 11.3 Å². The molecule has 1 saturated heterocycles. The van der Waals surface area contributed by atoms with Crippen molar-refractivity contribution in [2.45, 2.75) is 12.3 Å². The molecule has 21 heavy (non-hydrogen) atoms. The highest BCUT2D eigenvalue weighted by molar-refractivity contribution is 5.82. The van der Waals surface area contributed by atoms with E-state index < -0.39 is 0 Å². The lowest BCUT2D eigenvalue weighted by atomic mass is 9.98. The van der Waals surface area contributed by atoms with Gasteiger partial charge in [-0.2, -0.15) is 0 Å². The van der Waals surface area contributed by atoms with Crippen LogP contribution >= 0.6 is 0 Å². The number of benzene rings is 1. The molecule has 114 valence electrons. The average molecular weight is 289 g/mol. The first-order valence-electron chi connectivity index (χ1n) is 7.69. The third-order valence-electron chi connectivity index (χ3n) is 4.36. The van der Waals surface area contributed by atoms with Crippen LogP contribution in [0.4, 0.5) is 5.69 Å². The third kappa shape index (κ3) is 3.04. The summed E-state index contributed by atoms with van der Waals surface area (Å²) < 4.78 is 5.30. The molecule has 2 aliphatic heterocycles. The largest absolute Gasteiger partial charge is 0.378 e. The molecule has 1 unspecified atom stereocenters. The van der Waals surface area contributed by atoms with Gasteiger partial charge in [0, 0.05) is 31.2 Å². The molecule has 1 atom stereocenters. The van der Waals surface area contributed by atoms with Crippen LogP contribution in [-0.2, 0) is 9.53 Å². The molecule has 2 N–H and O–H groups in total.